The Morgan fingerprint density at radius 3 is 2.42 bits per heavy atom. The lowest BCUT2D eigenvalue weighted by Gasteiger charge is -2.27. The van der Waals surface area contributed by atoms with Crippen LogP contribution in [0.25, 0.3) is 11.3 Å². The number of aromatic nitrogens is 2. The van der Waals surface area contributed by atoms with Gasteiger partial charge in [0.1, 0.15) is 0 Å². The standard InChI is InChI=1S/C37H39Cl2N5O3S/c1-48(45,46)43-18-15-36-34(24-43)37(41-44(36)17-2-16-42-23-33-20-32(42)25-47-33)30-11-14-35(39)29(19-30)10-7-26-3-5-27(6-4-26)21-40-22-28-8-12-31(38)13-9-28/h3-6,8-9,11-14,19,32-33,40H,2,15-18,20-25H2,1H3/t32-,33-/m0/s1. The molecule has 1 aromatic heterocycles. The third kappa shape index (κ3) is 7.66. The molecule has 3 aliphatic rings. The second-order valence-corrected chi connectivity index (χ2v) is 15.7. The topological polar surface area (TPSA) is 79.7 Å². The lowest BCUT2D eigenvalue weighted by molar-refractivity contribution is 0.0297. The number of hydrogen-bond donors (Lipinski definition) is 1. The van der Waals surface area contributed by atoms with Gasteiger partial charge in [-0.3, -0.25) is 9.58 Å². The van der Waals surface area contributed by atoms with Gasteiger partial charge in [0.05, 0.1) is 29.7 Å². The Bertz CT molecular complexity index is 1950. The first-order valence-corrected chi connectivity index (χ1v) is 19.1. The van der Waals surface area contributed by atoms with Gasteiger partial charge < -0.3 is 10.1 Å². The summed E-state index contributed by atoms with van der Waals surface area (Å²) < 4.78 is 34.5. The molecule has 0 radical (unpaired) electrons. The molecule has 4 aromatic rings. The predicted octanol–water partition coefficient (Wildman–Crippen LogP) is 5.73. The Kier molecular flexibility index (Phi) is 9.95. The van der Waals surface area contributed by atoms with Crippen LogP contribution in [0.5, 0.6) is 0 Å². The van der Waals surface area contributed by atoms with Gasteiger partial charge in [0, 0.05) is 91.2 Å². The van der Waals surface area contributed by atoms with Gasteiger partial charge in [0.2, 0.25) is 10.0 Å². The molecule has 2 fully saturated rings. The quantitative estimate of drug-likeness (QED) is 0.213. The van der Waals surface area contributed by atoms with Gasteiger partial charge in [-0.25, -0.2) is 8.42 Å². The molecule has 2 saturated heterocycles. The Morgan fingerprint density at radius 2 is 1.73 bits per heavy atom. The summed E-state index contributed by atoms with van der Waals surface area (Å²) in [6.07, 6.45) is 4.40. The van der Waals surface area contributed by atoms with Crippen LogP contribution in [0, 0.1) is 11.8 Å². The molecular formula is C37H39Cl2N5O3S. The van der Waals surface area contributed by atoms with Crippen molar-refractivity contribution in [3.05, 3.63) is 110 Å². The van der Waals surface area contributed by atoms with Crippen molar-refractivity contribution in [2.45, 2.75) is 57.6 Å². The van der Waals surface area contributed by atoms with Crippen molar-refractivity contribution in [2.75, 3.05) is 32.5 Å². The summed E-state index contributed by atoms with van der Waals surface area (Å²) >= 11 is 12.6. The number of ether oxygens (including phenoxy) is 1. The maximum Gasteiger partial charge on any atom is 0.211 e. The number of rotatable bonds is 10. The molecule has 48 heavy (non-hydrogen) atoms. The number of hydrogen-bond acceptors (Lipinski definition) is 6. The number of morpholine rings is 1. The molecule has 3 aromatic carbocycles. The van der Waals surface area contributed by atoms with E-state index in [2.05, 4.69) is 38.9 Å². The van der Waals surface area contributed by atoms with Crippen molar-refractivity contribution >= 4 is 33.2 Å². The van der Waals surface area contributed by atoms with Gasteiger partial charge in [0.15, 0.2) is 0 Å². The summed E-state index contributed by atoms with van der Waals surface area (Å²) in [6.45, 7) is 5.90. The first kappa shape index (κ1) is 33.3. The lowest BCUT2D eigenvalue weighted by atomic mass is 10.0. The average Bonchev–Trinajstić information content (AvgIpc) is 3.81. The maximum atomic E-state index is 12.5. The second-order valence-electron chi connectivity index (χ2n) is 12.9. The minimum Gasteiger partial charge on any atom is -0.375 e. The molecule has 11 heteroatoms. The Balaban J connectivity index is 1.07. The number of halogens is 2. The Labute approximate surface area is 293 Å². The largest absolute Gasteiger partial charge is 0.375 e. The number of nitrogens with zero attached hydrogens (tertiary/aromatic N) is 4. The highest BCUT2D eigenvalue weighted by atomic mass is 35.5. The van der Waals surface area contributed by atoms with Crippen molar-refractivity contribution in [3.63, 3.8) is 0 Å². The molecule has 4 heterocycles. The summed E-state index contributed by atoms with van der Waals surface area (Å²) in [7, 11) is -3.34. The van der Waals surface area contributed by atoms with E-state index in [0.29, 0.717) is 42.2 Å². The van der Waals surface area contributed by atoms with Crippen molar-refractivity contribution in [3.8, 4) is 23.1 Å². The van der Waals surface area contributed by atoms with Gasteiger partial charge in [-0.2, -0.15) is 9.40 Å². The molecule has 250 valence electrons. The highest BCUT2D eigenvalue weighted by molar-refractivity contribution is 7.88. The van der Waals surface area contributed by atoms with E-state index >= 15 is 0 Å². The van der Waals surface area contributed by atoms with Crippen LogP contribution >= 0.6 is 23.2 Å². The molecule has 0 saturated carbocycles. The van der Waals surface area contributed by atoms with E-state index in [1.165, 1.54) is 17.4 Å². The van der Waals surface area contributed by atoms with Crippen LogP contribution in [0.3, 0.4) is 0 Å². The normalized spacial score (nSPS) is 19.3. The van der Waals surface area contributed by atoms with Crippen LogP contribution in [0.1, 0.15) is 46.4 Å². The minimum absolute atomic E-state index is 0.307. The van der Waals surface area contributed by atoms with E-state index in [1.54, 1.807) is 4.31 Å². The summed E-state index contributed by atoms with van der Waals surface area (Å²) in [4.78, 5) is 2.54. The van der Waals surface area contributed by atoms with Gasteiger partial charge in [-0.1, -0.05) is 65.4 Å². The van der Waals surface area contributed by atoms with Crippen molar-refractivity contribution in [2.24, 2.45) is 0 Å². The van der Waals surface area contributed by atoms with E-state index in [0.717, 1.165) is 85.3 Å². The van der Waals surface area contributed by atoms with Crippen LogP contribution in [0.2, 0.25) is 10.0 Å². The molecule has 0 spiro atoms. The number of aryl methyl sites for hydroxylation is 1. The summed E-state index contributed by atoms with van der Waals surface area (Å²) in [5.41, 5.74) is 7.69. The highest BCUT2D eigenvalue weighted by Crippen LogP contribution is 2.33. The number of benzene rings is 3. The average molecular weight is 705 g/mol. The first-order valence-electron chi connectivity index (χ1n) is 16.4. The molecule has 2 atom stereocenters. The molecule has 7 rings (SSSR count). The second kappa shape index (κ2) is 14.3. The zero-order chi connectivity index (χ0) is 33.3. The third-order valence-corrected chi connectivity index (χ3v) is 11.3. The molecule has 2 bridgehead atoms. The number of fused-ring (bicyclic) bond motifs is 3. The molecule has 8 nitrogen and oxygen atoms in total. The number of nitrogens with one attached hydrogen (secondary N) is 1. The first-order chi connectivity index (χ1) is 23.2. The zero-order valence-corrected chi connectivity index (χ0v) is 29.3. The smallest absolute Gasteiger partial charge is 0.211 e. The summed E-state index contributed by atoms with van der Waals surface area (Å²) in [6, 6.07) is 22.3. The molecular weight excluding hydrogens is 665 g/mol. The number of likely N-dealkylation sites (tertiary alicyclic amines) is 1. The third-order valence-electron chi connectivity index (χ3n) is 9.50. The molecule has 3 aliphatic heterocycles. The molecule has 0 amide bonds. The minimum atomic E-state index is -3.34. The van der Waals surface area contributed by atoms with E-state index in [-0.39, 0.29) is 0 Å². The van der Waals surface area contributed by atoms with Crippen LogP contribution < -0.4 is 5.32 Å². The molecule has 1 N–H and O–H groups in total. The highest BCUT2D eigenvalue weighted by Gasteiger charge is 2.38. The molecule has 0 aliphatic carbocycles. The van der Waals surface area contributed by atoms with Gasteiger partial charge in [-0.05, 0) is 60.4 Å². The lowest BCUT2D eigenvalue weighted by Crippen LogP contribution is -2.38. The molecule has 0 unspecified atom stereocenters. The van der Waals surface area contributed by atoms with Crippen molar-refractivity contribution in [1.82, 2.24) is 24.3 Å². The summed E-state index contributed by atoms with van der Waals surface area (Å²) in [5, 5.41) is 9.84. The predicted molar refractivity (Wildman–Crippen MR) is 190 cm³/mol. The van der Waals surface area contributed by atoms with E-state index in [4.69, 9.17) is 33.0 Å². The Morgan fingerprint density at radius 1 is 0.979 bits per heavy atom. The van der Waals surface area contributed by atoms with Gasteiger partial charge in [-0.15, -0.1) is 0 Å². The van der Waals surface area contributed by atoms with Crippen molar-refractivity contribution < 1.29 is 13.2 Å². The monoisotopic (exact) mass is 703 g/mol. The fraction of sp³-hybridized carbons (Fsp3) is 0.378. The zero-order valence-electron chi connectivity index (χ0n) is 27.0. The van der Waals surface area contributed by atoms with Crippen LogP contribution in [-0.4, -0.2) is 72.0 Å². The number of sulfonamides is 1. The van der Waals surface area contributed by atoms with Crippen LogP contribution in [0.15, 0.2) is 66.7 Å². The maximum absolute atomic E-state index is 12.5. The SMILES string of the molecule is CS(=O)(=O)N1CCc2c(c(-c3ccc(Cl)c(C#Cc4ccc(CNCc5ccc(Cl)cc5)cc4)c3)nn2CCCN2C[C@@H]3C[C@H]2CO3)C1. The van der Waals surface area contributed by atoms with Crippen LogP contribution in [0.4, 0.5) is 0 Å². The van der Waals surface area contributed by atoms with Gasteiger partial charge in [0.25, 0.3) is 0 Å². The van der Waals surface area contributed by atoms with E-state index in [1.807, 2.05) is 54.6 Å². The van der Waals surface area contributed by atoms with Crippen molar-refractivity contribution in [1.29, 1.82) is 0 Å². The summed E-state index contributed by atoms with van der Waals surface area (Å²) in [5.74, 6) is 6.52. The van der Waals surface area contributed by atoms with E-state index in [9.17, 15) is 8.42 Å². The van der Waals surface area contributed by atoms with Crippen LogP contribution in [-0.2, 0) is 47.4 Å². The van der Waals surface area contributed by atoms with E-state index < -0.39 is 10.0 Å². The fourth-order valence-electron chi connectivity index (χ4n) is 6.91. The van der Waals surface area contributed by atoms with Gasteiger partial charge >= 0.3 is 0 Å². The fourth-order valence-corrected chi connectivity index (χ4v) is 7.99. The Hall–Kier alpha value is -3.20.